The van der Waals surface area contributed by atoms with Crippen molar-refractivity contribution in [2.45, 2.75) is 6.92 Å². The predicted octanol–water partition coefficient (Wildman–Crippen LogP) is 3.52. The van der Waals surface area contributed by atoms with E-state index < -0.39 is 0 Å². The Morgan fingerprint density at radius 2 is 1.90 bits per heavy atom. The molecule has 2 aromatic rings. The lowest BCUT2D eigenvalue weighted by Gasteiger charge is -2.04. The average molecular weight is 283 g/mol. The number of ketones is 1. The monoisotopic (exact) mass is 283 g/mol. The van der Waals surface area contributed by atoms with Gasteiger partial charge in [-0.2, -0.15) is 0 Å². The molecule has 0 bridgehead atoms. The molecular weight excluding hydrogens is 266 g/mol. The van der Waals surface area contributed by atoms with Crippen molar-refractivity contribution in [1.29, 1.82) is 0 Å². The summed E-state index contributed by atoms with van der Waals surface area (Å²) in [7, 11) is 1.58. The molecule has 0 radical (unpaired) electrons. The molecule has 0 saturated heterocycles. The molecule has 0 aliphatic heterocycles. The van der Waals surface area contributed by atoms with Crippen LogP contribution in [0.3, 0.4) is 0 Å². The Hall–Kier alpha value is -2.75. The van der Waals surface area contributed by atoms with E-state index in [0.29, 0.717) is 17.0 Å². The van der Waals surface area contributed by atoms with Gasteiger partial charge in [-0.25, -0.2) is 0 Å². The van der Waals surface area contributed by atoms with Gasteiger partial charge in [0, 0.05) is 17.8 Å². The number of benzene rings is 2. The van der Waals surface area contributed by atoms with Crippen LogP contribution in [0.4, 0.5) is 5.69 Å². The van der Waals surface area contributed by atoms with Crippen molar-refractivity contribution in [1.82, 2.24) is 0 Å². The molecule has 0 unspecified atom stereocenters. The van der Waals surface area contributed by atoms with Crippen LogP contribution in [0, 0.1) is 6.92 Å². The van der Waals surface area contributed by atoms with E-state index in [2.05, 4.69) is 5.32 Å². The van der Waals surface area contributed by atoms with E-state index >= 15 is 0 Å². The average Bonchev–Trinajstić information content (AvgIpc) is 2.49. The van der Waals surface area contributed by atoms with E-state index in [0.717, 1.165) is 5.56 Å². The molecule has 2 aromatic carbocycles. The van der Waals surface area contributed by atoms with Crippen molar-refractivity contribution >= 4 is 11.5 Å². The minimum absolute atomic E-state index is 0.128. The number of carbonyl (C=O) groups is 1. The highest BCUT2D eigenvalue weighted by Gasteiger charge is 2.02. The molecule has 4 nitrogen and oxygen atoms in total. The molecular formula is C17H17NO3. The van der Waals surface area contributed by atoms with Gasteiger partial charge < -0.3 is 15.2 Å². The second-order valence-electron chi connectivity index (χ2n) is 4.59. The number of hydrogen-bond donors (Lipinski definition) is 2. The fraction of sp³-hybridized carbons (Fsp3) is 0.118. The Morgan fingerprint density at radius 3 is 2.52 bits per heavy atom. The fourth-order valence-corrected chi connectivity index (χ4v) is 1.82. The number of aryl methyl sites for hydroxylation is 1. The highest BCUT2D eigenvalue weighted by Crippen LogP contribution is 2.23. The van der Waals surface area contributed by atoms with Crippen molar-refractivity contribution in [3.63, 3.8) is 0 Å². The van der Waals surface area contributed by atoms with Crippen molar-refractivity contribution in [3.8, 4) is 11.5 Å². The number of methoxy groups -OCH3 is 1. The molecule has 0 spiro atoms. The molecule has 0 aliphatic rings. The topological polar surface area (TPSA) is 58.6 Å². The quantitative estimate of drug-likeness (QED) is 0.501. The number of allylic oxidation sites excluding steroid dienone is 1. The molecule has 0 fully saturated rings. The Morgan fingerprint density at radius 1 is 1.19 bits per heavy atom. The molecule has 21 heavy (non-hydrogen) atoms. The summed E-state index contributed by atoms with van der Waals surface area (Å²) in [6, 6.07) is 12.2. The standard InChI is InChI=1S/C17H17NO3/c1-12-3-8-15(17(20)11-12)18-10-9-16(19)13-4-6-14(21-2)7-5-13/h3-11,18,20H,1-2H3/b10-9+. The molecule has 4 heteroatoms. The number of ether oxygens (including phenoxy) is 1. The minimum atomic E-state index is -0.128. The summed E-state index contributed by atoms with van der Waals surface area (Å²) in [5, 5.41) is 12.6. The number of rotatable bonds is 5. The highest BCUT2D eigenvalue weighted by molar-refractivity contribution is 6.04. The lowest BCUT2D eigenvalue weighted by atomic mass is 10.1. The van der Waals surface area contributed by atoms with Gasteiger partial charge in [-0.15, -0.1) is 0 Å². The Labute approximate surface area is 123 Å². The van der Waals surface area contributed by atoms with Crippen molar-refractivity contribution in [2.75, 3.05) is 12.4 Å². The van der Waals surface area contributed by atoms with E-state index in [-0.39, 0.29) is 11.5 Å². The zero-order valence-corrected chi connectivity index (χ0v) is 12.0. The van der Waals surface area contributed by atoms with Gasteiger partial charge in [-0.3, -0.25) is 4.79 Å². The zero-order chi connectivity index (χ0) is 15.2. The summed E-state index contributed by atoms with van der Waals surface area (Å²) in [5.41, 5.74) is 2.10. The predicted molar refractivity (Wildman–Crippen MR) is 82.9 cm³/mol. The molecule has 0 atom stereocenters. The summed E-state index contributed by atoms with van der Waals surface area (Å²) in [6.07, 6.45) is 2.93. The summed E-state index contributed by atoms with van der Waals surface area (Å²) in [4.78, 5) is 11.9. The Kier molecular flexibility index (Phi) is 4.61. The van der Waals surface area contributed by atoms with Crippen LogP contribution in [-0.2, 0) is 0 Å². The molecule has 0 saturated carbocycles. The number of anilines is 1. The third-order valence-electron chi connectivity index (χ3n) is 3.00. The molecule has 2 rings (SSSR count). The van der Waals surface area contributed by atoms with E-state index in [1.807, 2.05) is 13.0 Å². The van der Waals surface area contributed by atoms with Crippen molar-refractivity contribution in [2.24, 2.45) is 0 Å². The van der Waals surface area contributed by atoms with Gasteiger partial charge in [0.1, 0.15) is 11.5 Å². The lowest BCUT2D eigenvalue weighted by Crippen LogP contribution is -1.96. The number of phenolic OH excluding ortho intramolecular Hbond substituents is 1. The van der Waals surface area contributed by atoms with Gasteiger partial charge in [0.2, 0.25) is 0 Å². The second-order valence-corrected chi connectivity index (χ2v) is 4.59. The first kappa shape index (κ1) is 14.7. The molecule has 0 amide bonds. The molecule has 0 aromatic heterocycles. The maximum absolute atomic E-state index is 11.9. The van der Waals surface area contributed by atoms with Crippen LogP contribution in [0.5, 0.6) is 11.5 Å². The van der Waals surface area contributed by atoms with E-state index in [1.165, 1.54) is 12.3 Å². The number of aromatic hydroxyl groups is 1. The maximum atomic E-state index is 11.9. The van der Waals surface area contributed by atoms with Gasteiger partial charge in [-0.05, 0) is 48.9 Å². The zero-order valence-electron chi connectivity index (χ0n) is 12.0. The van der Waals surface area contributed by atoms with Gasteiger partial charge in [0.05, 0.1) is 12.8 Å². The van der Waals surface area contributed by atoms with Crippen LogP contribution >= 0.6 is 0 Å². The number of nitrogens with one attached hydrogen (secondary N) is 1. The minimum Gasteiger partial charge on any atom is -0.506 e. The molecule has 2 N–H and O–H groups in total. The summed E-state index contributed by atoms with van der Waals surface area (Å²) in [6.45, 7) is 1.90. The normalized spacial score (nSPS) is 10.6. The lowest BCUT2D eigenvalue weighted by molar-refractivity contribution is 0.104. The largest absolute Gasteiger partial charge is 0.506 e. The van der Waals surface area contributed by atoms with Crippen LogP contribution in [0.15, 0.2) is 54.7 Å². The van der Waals surface area contributed by atoms with Gasteiger partial charge >= 0.3 is 0 Å². The number of carbonyl (C=O) groups excluding carboxylic acids is 1. The number of hydrogen-bond acceptors (Lipinski definition) is 4. The highest BCUT2D eigenvalue weighted by atomic mass is 16.5. The summed E-state index contributed by atoms with van der Waals surface area (Å²) >= 11 is 0. The van der Waals surface area contributed by atoms with Crippen molar-refractivity contribution in [3.05, 3.63) is 65.9 Å². The molecule has 0 aliphatic carbocycles. The Balaban J connectivity index is 2.01. The summed E-state index contributed by atoms with van der Waals surface area (Å²) in [5.74, 6) is 0.728. The van der Waals surface area contributed by atoms with Gasteiger partial charge in [-0.1, -0.05) is 6.07 Å². The fourth-order valence-electron chi connectivity index (χ4n) is 1.82. The Bertz CT molecular complexity index is 660. The van der Waals surface area contributed by atoms with E-state index in [9.17, 15) is 9.90 Å². The third-order valence-corrected chi connectivity index (χ3v) is 3.00. The first-order valence-electron chi connectivity index (χ1n) is 6.51. The van der Waals surface area contributed by atoms with E-state index in [1.54, 1.807) is 43.5 Å². The van der Waals surface area contributed by atoms with Crippen LogP contribution < -0.4 is 10.1 Å². The van der Waals surface area contributed by atoms with Crippen molar-refractivity contribution < 1.29 is 14.6 Å². The van der Waals surface area contributed by atoms with Gasteiger partial charge in [0.15, 0.2) is 5.78 Å². The SMILES string of the molecule is COc1ccc(C(=O)/C=C/Nc2ccc(C)cc2O)cc1. The van der Waals surface area contributed by atoms with Crippen LogP contribution in [0.1, 0.15) is 15.9 Å². The van der Waals surface area contributed by atoms with Crippen LogP contribution in [-0.4, -0.2) is 18.0 Å². The third kappa shape index (κ3) is 3.86. The molecule has 0 heterocycles. The smallest absolute Gasteiger partial charge is 0.187 e. The van der Waals surface area contributed by atoms with Gasteiger partial charge in [0.25, 0.3) is 0 Å². The summed E-state index contributed by atoms with van der Waals surface area (Å²) < 4.78 is 5.04. The van der Waals surface area contributed by atoms with E-state index in [4.69, 9.17) is 4.74 Å². The first-order chi connectivity index (χ1) is 10.1. The van der Waals surface area contributed by atoms with Crippen LogP contribution in [0.25, 0.3) is 0 Å². The first-order valence-corrected chi connectivity index (χ1v) is 6.51. The second kappa shape index (κ2) is 6.61. The maximum Gasteiger partial charge on any atom is 0.187 e. The number of phenols is 1. The van der Waals surface area contributed by atoms with Crippen LogP contribution in [0.2, 0.25) is 0 Å². The molecule has 108 valence electrons.